The SMILES string of the molecule is CCN(C=CC1=C(Br)C(=O)C(Br)=C(Br)C1=O)CC. The van der Waals surface area contributed by atoms with Crippen LogP contribution in [0.5, 0.6) is 0 Å². The summed E-state index contributed by atoms with van der Waals surface area (Å²) < 4.78 is 0.792. The standard InChI is InChI=1S/C12H12Br3NO2/c1-3-16(4-2)6-5-7-8(13)12(18)10(15)9(14)11(7)17/h5-6H,3-4H2,1-2H3. The number of carbonyl (C=O) groups excluding carboxylic acids is 2. The minimum atomic E-state index is -0.235. The monoisotopic (exact) mass is 439 g/mol. The first-order chi connectivity index (χ1) is 8.43. The molecule has 0 aliphatic heterocycles. The van der Waals surface area contributed by atoms with E-state index in [2.05, 4.69) is 47.8 Å². The van der Waals surface area contributed by atoms with Crippen LogP contribution in [0.4, 0.5) is 0 Å². The number of ketones is 2. The van der Waals surface area contributed by atoms with Crippen molar-refractivity contribution in [3.05, 3.63) is 31.3 Å². The Hall–Kier alpha value is -0.200. The number of halogens is 3. The first kappa shape index (κ1) is 15.9. The van der Waals surface area contributed by atoms with Crippen LogP contribution in [0.15, 0.2) is 31.3 Å². The van der Waals surface area contributed by atoms with Gasteiger partial charge in [-0.05, 0) is 73.9 Å². The van der Waals surface area contributed by atoms with Crippen molar-refractivity contribution in [3.8, 4) is 0 Å². The fraction of sp³-hybridized carbons (Fsp3) is 0.333. The number of allylic oxidation sites excluding steroid dienone is 5. The van der Waals surface area contributed by atoms with Crippen molar-refractivity contribution in [1.29, 1.82) is 0 Å². The molecule has 98 valence electrons. The van der Waals surface area contributed by atoms with E-state index in [-0.39, 0.29) is 25.0 Å². The third-order valence-electron chi connectivity index (χ3n) is 2.54. The molecular weight excluding hydrogens is 430 g/mol. The van der Waals surface area contributed by atoms with Crippen LogP contribution < -0.4 is 0 Å². The molecule has 6 heteroatoms. The molecule has 0 aromatic rings. The third kappa shape index (κ3) is 3.22. The van der Waals surface area contributed by atoms with E-state index in [1.54, 1.807) is 6.08 Å². The molecule has 0 heterocycles. The van der Waals surface area contributed by atoms with Gasteiger partial charge >= 0.3 is 0 Å². The highest BCUT2D eigenvalue weighted by Crippen LogP contribution is 2.34. The summed E-state index contributed by atoms with van der Waals surface area (Å²) in [4.78, 5) is 25.9. The van der Waals surface area contributed by atoms with Crippen LogP contribution in [-0.4, -0.2) is 29.6 Å². The maximum absolute atomic E-state index is 12.0. The Kier molecular flexibility index (Phi) is 6.01. The lowest BCUT2D eigenvalue weighted by atomic mass is 10.0. The molecule has 1 rings (SSSR count). The first-order valence-corrected chi connectivity index (χ1v) is 7.78. The summed E-state index contributed by atoms with van der Waals surface area (Å²) in [5, 5.41) is 0. The zero-order chi connectivity index (χ0) is 13.9. The van der Waals surface area contributed by atoms with Gasteiger partial charge in [-0.3, -0.25) is 9.59 Å². The van der Waals surface area contributed by atoms with Crippen LogP contribution in [0.25, 0.3) is 0 Å². The van der Waals surface area contributed by atoms with Gasteiger partial charge in [-0.15, -0.1) is 0 Å². The highest BCUT2D eigenvalue weighted by atomic mass is 79.9. The van der Waals surface area contributed by atoms with Gasteiger partial charge in [0.05, 0.1) is 13.4 Å². The topological polar surface area (TPSA) is 37.4 Å². The predicted molar refractivity (Wildman–Crippen MR) is 82.9 cm³/mol. The molecule has 0 atom stereocenters. The molecule has 0 saturated carbocycles. The third-order valence-corrected chi connectivity index (χ3v) is 5.37. The Morgan fingerprint density at radius 3 is 1.94 bits per heavy atom. The van der Waals surface area contributed by atoms with Crippen molar-refractivity contribution in [1.82, 2.24) is 4.90 Å². The summed E-state index contributed by atoms with van der Waals surface area (Å²) in [6.45, 7) is 5.75. The van der Waals surface area contributed by atoms with E-state index in [1.807, 2.05) is 24.9 Å². The molecule has 0 unspecified atom stereocenters. The van der Waals surface area contributed by atoms with E-state index in [9.17, 15) is 9.59 Å². The second-order valence-electron chi connectivity index (χ2n) is 3.55. The van der Waals surface area contributed by atoms with Crippen molar-refractivity contribution >= 4 is 59.4 Å². The molecule has 0 amide bonds. The molecule has 1 aliphatic carbocycles. The lowest BCUT2D eigenvalue weighted by Crippen LogP contribution is -2.18. The molecule has 0 spiro atoms. The van der Waals surface area contributed by atoms with Crippen LogP contribution in [0.3, 0.4) is 0 Å². The van der Waals surface area contributed by atoms with Gasteiger partial charge in [0.1, 0.15) is 0 Å². The van der Waals surface area contributed by atoms with Crippen molar-refractivity contribution in [3.63, 3.8) is 0 Å². The number of Topliss-reactive ketones (excluding diaryl/α,β-unsaturated/α-hetero) is 2. The van der Waals surface area contributed by atoms with Crippen molar-refractivity contribution in [2.75, 3.05) is 13.1 Å². The van der Waals surface area contributed by atoms with Gasteiger partial charge in [-0.1, -0.05) is 0 Å². The van der Waals surface area contributed by atoms with Crippen molar-refractivity contribution in [2.45, 2.75) is 13.8 Å². The normalized spacial score (nSPS) is 17.2. The van der Waals surface area contributed by atoms with Gasteiger partial charge in [0.15, 0.2) is 0 Å². The van der Waals surface area contributed by atoms with Gasteiger partial charge in [0, 0.05) is 18.7 Å². The Bertz CT molecular complexity index is 474. The van der Waals surface area contributed by atoms with Gasteiger partial charge in [-0.2, -0.15) is 0 Å². The Labute approximate surface area is 131 Å². The van der Waals surface area contributed by atoms with Crippen molar-refractivity contribution in [2.24, 2.45) is 0 Å². The molecule has 1 aliphatic rings. The Morgan fingerprint density at radius 1 is 0.944 bits per heavy atom. The quantitative estimate of drug-likeness (QED) is 0.625. The van der Waals surface area contributed by atoms with Gasteiger partial charge in [0.25, 0.3) is 0 Å². The van der Waals surface area contributed by atoms with Gasteiger partial charge in [-0.25, -0.2) is 0 Å². The van der Waals surface area contributed by atoms with Crippen molar-refractivity contribution < 1.29 is 9.59 Å². The highest BCUT2D eigenvalue weighted by Gasteiger charge is 2.29. The molecular formula is C12H12Br3NO2. The summed E-state index contributed by atoms with van der Waals surface area (Å²) >= 11 is 9.40. The number of hydrogen-bond acceptors (Lipinski definition) is 3. The van der Waals surface area contributed by atoms with Crippen LogP contribution in [0.2, 0.25) is 0 Å². The largest absolute Gasteiger partial charge is 0.378 e. The van der Waals surface area contributed by atoms with Gasteiger partial charge in [0.2, 0.25) is 11.6 Å². The molecule has 0 aromatic carbocycles. The number of nitrogens with zero attached hydrogens (tertiary/aromatic N) is 1. The molecule has 0 radical (unpaired) electrons. The molecule has 0 fully saturated rings. The fourth-order valence-electron chi connectivity index (χ4n) is 1.40. The minimum Gasteiger partial charge on any atom is -0.378 e. The average Bonchev–Trinajstić information content (AvgIpc) is 2.38. The summed E-state index contributed by atoms with van der Waals surface area (Å²) in [6, 6.07) is 0. The molecule has 0 saturated heterocycles. The van der Waals surface area contributed by atoms with Crippen LogP contribution in [0, 0.1) is 0 Å². The summed E-state index contributed by atoms with van der Waals surface area (Å²) in [5.74, 6) is -0.447. The molecule has 18 heavy (non-hydrogen) atoms. The predicted octanol–water partition coefficient (Wildman–Crippen LogP) is 3.64. The van der Waals surface area contributed by atoms with E-state index in [1.165, 1.54) is 0 Å². The molecule has 3 nitrogen and oxygen atoms in total. The summed E-state index contributed by atoms with van der Waals surface area (Å²) in [6.07, 6.45) is 3.49. The van der Waals surface area contributed by atoms with E-state index < -0.39 is 0 Å². The van der Waals surface area contributed by atoms with E-state index >= 15 is 0 Å². The van der Waals surface area contributed by atoms with E-state index in [0.717, 1.165) is 13.1 Å². The molecule has 0 aromatic heterocycles. The molecule has 0 bridgehead atoms. The summed E-state index contributed by atoms with van der Waals surface area (Å²) in [7, 11) is 0. The lowest BCUT2D eigenvalue weighted by molar-refractivity contribution is -0.114. The fourth-order valence-corrected chi connectivity index (χ4v) is 2.95. The van der Waals surface area contributed by atoms with Crippen LogP contribution >= 0.6 is 47.8 Å². The molecule has 0 N–H and O–H groups in total. The second-order valence-corrected chi connectivity index (χ2v) is 5.93. The Balaban J connectivity index is 3.09. The highest BCUT2D eigenvalue weighted by molar-refractivity contribution is 9.15. The summed E-state index contributed by atoms with van der Waals surface area (Å²) in [5.41, 5.74) is 0.363. The minimum absolute atomic E-state index is 0.211. The second kappa shape index (κ2) is 6.82. The van der Waals surface area contributed by atoms with Crippen LogP contribution in [0.1, 0.15) is 13.8 Å². The van der Waals surface area contributed by atoms with Gasteiger partial charge < -0.3 is 4.90 Å². The zero-order valence-corrected chi connectivity index (χ0v) is 14.7. The number of rotatable bonds is 4. The van der Waals surface area contributed by atoms with E-state index in [0.29, 0.717) is 5.57 Å². The maximum Gasteiger partial charge on any atom is 0.208 e. The smallest absolute Gasteiger partial charge is 0.208 e. The van der Waals surface area contributed by atoms with Crippen LogP contribution in [-0.2, 0) is 9.59 Å². The maximum atomic E-state index is 12.0. The Morgan fingerprint density at radius 2 is 1.44 bits per heavy atom. The first-order valence-electron chi connectivity index (χ1n) is 5.40. The number of hydrogen-bond donors (Lipinski definition) is 0. The average molecular weight is 442 g/mol. The zero-order valence-electron chi connectivity index (χ0n) is 9.97. The van der Waals surface area contributed by atoms with E-state index in [4.69, 9.17) is 0 Å². The lowest BCUT2D eigenvalue weighted by Gasteiger charge is -2.17. The number of carbonyl (C=O) groups is 2.